The molecule has 2 aromatic rings. The van der Waals surface area contributed by atoms with E-state index in [0.717, 1.165) is 0 Å². The maximum absolute atomic E-state index is 10.9. The Morgan fingerprint density at radius 3 is 1.33 bits per heavy atom. The third-order valence-electron chi connectivity index (χ3n) is 2.68. The molecule has 0 spiro atoms. The van der Waals surface area contributed by atoms with Crippen molar-refractivity contribution in [2.24, 2.45) is 0 Å². The summed E-state index contributed by atoms with van der Waals surface area (Å²) in [7, 11) is 0. The molecule has 0 radical (unpaired) electrons. The van der Waals surface area contributed by atoms with Crippen LogP contribution in [0.1, 0.15) is 20.7 Å². The molecule has 0 unspecified atom stereocenters. The first-order valence-corrected chi connectivity index (χ1v) is 9.84. The van der Waals surface area contributed by atoms with E-state index < -0.39 is 23.4 Å². The third-order valence-corrected chi connectivity index (χ3v) is 4.35. The summed E-state index contributed by atoms with van der Waals surface area (Å²) in [5.41, 5.74) is -0.00463. The van der Waals surface area contributed by atoms with E-state index in [2.05, 4.69) is 5.37 Å². The van der Waals surface area contributed by atoms with Gasteiger partial charge in [-0.15, -0.1) is 0 Å². The molecule has 0 amide bonds. The van der Waals surface area contributed by atoms with Gasteiger partial charge in [0.2, 0.25) is 0 Å². The van der Waals surface area contributed by atoms with Crippen molar-refractivity contribution in [3.05, 3.63) is 47.5 Å². The van der Waals surface area contributed by atoms with Crippen LogP contribution in [-0.2, 0) is 5.37 Å². The second-order valence-electron chi connectivity index (χ2n) is 4.16. The van der Waals surface area contributed by atoms with Gasteiger partial charge in [0.15, 0.2) is 0 Å². The Morgan fingerprint density at radius 2 is 1.04 bits per heavy atom. The summed E-state index contributed by atoms with van der Waals surface area (Å²) in [5.74, 6) is -2.70. The first kappa shape index (κ1) is 20.5. The first-order valence-electron chi connectivity index (χ1n) is 6.17. The molecule has 0 aromatic heterocycles. The third kappa shape index (κ3) is 5.22. The normalized spacial score (nSPS) is 9.25. The number of phenolic OH excluding ortho intramolecular Hbond substituents is 4. The van der Waals surface area contributed by atoms with Gasteiger partial charge in [0.25, 0.3) is 0 Å². The van der Waals surface area contributed by atoms with Gasteiger partial charge in [-0.05, 0) is 0 Å². The fourth-order valence-corrected chi connectivity index (χ4v) is 2.51. The van der Waals surface area contributed by atoms with Crippen LogP contribution >= 0.6 is 0 Å². The van der Waals surface area contributed by atoms with Crippen molar-refractivity contribution in [3.8, 4) is 23.0 Å². The van der Waals surface area contributed by atoms with Crippen molar-refractivity contribution in [1.29, 1.82) is 0 Å². The summed E-state index contributed by atoms with van der Waals surface area (Å²) in [4.78, 5) is 21.9. The molecule has 0 atom stereocenters. The molecule has 0 saturated carbocycles. The Hall–Kier alpha value is -1.58. The Labute approximate surface area is 169 Å². The van der Waals surface area contributed by atoms with Gasteiger partial charge in [-0.25, -0.2) is 0 Å². The average Bonchev–Trinajstić information content (AvgIpc) is 2.59. The Balaban J connectivity index is 0.000000240. The minimum absolute atomic E-state index is 0.00231. The molecule has 0 heterocycles. The van der Waals surface area contributed by atoms with E-state index in [0.29, 0.717) is 0 Å². The van der Waals surface area contributed by atoms with Crippen LogP contribution in [0.25, 0.3) is 0 Å². The molecule has 4 N–H and O–H groups in total. The Bertz CT molecular complexity index is 684. The molecule has 0 bridgehead atoms. The zero-order chi connectivity index (χ0) is 18.3. The average molecular weight is 715 g/mol. The number of rotatable bonds is 2. The maximum atomic E-state index is 10.9. The molecule has 2 aromatic carbocycles. The van der Waals surface area contributed by atoms with Crippen LogP contribution in [-0.4, -0.2) is 84.8 Å². The summed E-state index contributed by atoms with van der Waals surface area (Å²) < 4.78 is 9.06. The van der Waals surface area contributed by atoms with Crippen LogP contribution in [0.2, 0.25) is 0 Å². The topological polar surface area (TPSA) is 134 Å². The van der Waals surface area contributed by atoms with Crippen molar-refractivity contribution in [1.82, 2.24) is 0 Å². The zero-order valence-electron chi connectivity index (χ0n) is 12.0. The molecular weight excluding hydrogens is 705 g/mol. The van der Waals surface area contributed by atoms with E-state index in [1.54, 1.807) is 0 Å². The van der Waals surface area contributed by atoms with Crippen LogP contribution in [0, 0.1) is 0 Å². The van der Waals surface area contributed by atoms with Gasteiger partial charge in [-0.2, -0.15) is 0 Å². The summed E-state index contributed by atoms with van der Waals surface area (Å²) >= 11 is 0.147. The zero-order valence-corrected chi connectivity index (χ0v) is 21.0. The standard InChI is InChI=1S/2C7H6O4.2Tl/c2*8-5-3-1-2-4(6(5)9)7(10)11;;/h2*1-3,8-9H,(H,10,11);;/q;;2*+1/p-2. The van der Waals surface area contributed by atoms with Crippen LogP contribution in [0.5, 0.6) is 23.0 Å². The number of hydrogen-bond donors (Lipinski definition) is 4. The van der Waals surface area contributed by atoms with Crippen LogP contribution < -0.4 is 0 Å². The fourth-order valence-electron chi connectivity index (χ4n) is 1.52. The molecule has 0 aliphatic heterocycles. The number of phenols is 4. The van der Waals surface area contributed by atoms with E-state index in [1.165, 1.54) is 36.4 Å². The summed E-state index contributed by atoms with van der Waals surface area (Å²) in [6.45, 7) is 0. The molecule has 0 aliphatic rings. The van der Waals surface area contributed by atoms with Crippen LogP contribution in [0.15, 0.2) is 36.4 Å². The monoisotopic (exact) mass is 716 g/mol. The second-order valence-corrected chi connectivity index (χ2v) is 5.99. The van der Waals surface area contributed by atoms with Crippen LogP contribution in [0.4, 0.5) is 0 Å². The van der Waals surface area contributed by atoms with Crippen molar-refractivity contribution >= 4 is 64.4 Å². The number of hydrogen-bond acceptors (Lipinski definition) is 8. The number of benzene rings is 2. The molecule has 2 rings (SSSR count). The fraction of sp³-hybridized carbons (Fsp3) is 0. The predicted molar refractivity (Wildman–Crippen MR) is 81.9 cm³/mol. The Kier molecular flexibility index (Phi) is 8.23. The van der Waals surface area contributed by atoms with E-state index in [-0.39, 0.29) is 75.1 Å². The molecule has 24 heavy (non-hydrogen) atoms. The number of carbonyl (C=O) groups is 2. The molecule has 0 aliphatic carbocycles. The van der Waals surface area contributed by atoms with Gasteiger partial charge in [-0.3, -0.25) is 0 Å². The van der Waals surface area contributed by atoms with Crippen LogP contribution in [0.3, 0.4) is 0 Å². The molecular formula is C14H10O8Tl2. The molecule has 120 valence electrons. The van der Waals surface area contributed by atoms with Gasteiger partial charge >= 0.3 is 170 Å². The Morgan fingerprint density at radius 1 is 0.708 bits per heavy atom. The quantitative estimate of drug-likeness (QED) is 0.264. The SMILES string of the molecule is O=C([O][Tl])c1cccc(O)c1O.O=C([O][Tl])c1cccc(O)c1O. The van der Waals surface area contributed by atoms with Crippen molar-refractivity contribution in [2.45, 2.75) is 0 Å². The van der Waals surface area contributed by atoms with Crippen molar-refractivity contribution in [2.75, 3.05) is 0 Å². The molecule has 0 fully saturated rings. The van der Waals surface area contributed by atoms with Gasteiger partial charge in [0.05, 0.1) is 0 Å². The molecule has 0 saturated heterocycles. The summed E-state index contributed by atoms with van der Waals surface area (Å²) in [6, 6.07) is 8.29. The molecule has 8 nitrogen and oxygen atoms in total. The van der Waals surface area contributed by atoms with Crippen molar-refractivity contribution < 1.29 is 35.4 Å². The number of aromatic hydroxyl groups is 4. The number of carbonyl (C=O) groups excluding carboxylic acids is 2. The predicted octanol–water partition coefficient (Wildman–Crippen LogP) is 0.676. The minimum atomic E-state index is -0.603. The molecule has 10 heteroatoms. The summed E-state index contributed by atoms with van der Waals surface area (Å²) in [6.07, 6.45) is 0. The van der Waals surface area contributed by atoms with Gasteiger partial charge < -0.3 is 0 Å². The van der Waals surface area contributed by atoms with E-state index >= 15 is 0 Å². The van der Waals surface area contributed by atoms with E-state index in [1.807, 2.05) is 0 Å². The summed E-state index contributed by atoms with van der Waals surface area (Å²) in [5, 5.41) is 36.3. The van der Waals surface area contributed by atoms with E-state index in [9.17, 15) is 9.59 Å². The van der Waals surface area contributed by atoms with Gasteiger partial charge in [0.1, 0.15) is 0 Å². The van der Waals surface area contributed by atoms with Crippen molar-refractivity contribution in [3.63, 3.8) is 0 Å². The number of para-hydroxylation sites is 2. The van der Waals surface area contributed by atoms with E-state index in [4.69, 9.17) is 20.4 Å². The second kappa shape index (κ2) is 9.66. The van der Waals surface area contributed by atoms with Gasteiger partial charge in [-0.1, -0.05) is 0 Å². The first-order chi connectivity index (χ1) is 11.3. The van der Waals surface area contributed by atoms with Gasteiger partial charge in [0, 0.05) is 0 Å².